The lowest BCUT2D eigenvalue weighted by molar-refractivity contribution is 0.224. The number of hydrogen-bond acceptors (Lipinski definition) is 4. The van der Waals surface area contributed by atoms with Crippen LogP contribution in [-0.4, -0.2) is 40.8 Å². The highest BCUT2D eigenvalue weighted by atomic mass is 35.5. The molecule has 2 aromatic heterocycles. The van der Waals surface area contributed by atoms with E-state index in [9.17, 15) is 0 Å². The van der Waals surface area contributed by atoms with Crippen molar-refractivity contribution in [2.75, 3.05) is 14.2 Å². The molecule has 1 saturated carbocycles. The van der Waals surface area contributed by atoms with Gasteiger partial charge in [-0.25, -0.2) is 0 Å². The Morgan fingerprint density at radius 3 is 2.71 bits per heavy atom. The van der Waals surface area contributed by atoms with Gasteiger partial charge in [0, 0.05) is 23.2 Å². The summed E-state index contributed by atoms with van der Waals surface area (Å²) in [5.74, 6) is 1.55. The summed E-state index contributed by atoms with van der Waals surface area (Å²) < 4.78 is 13.4. The molecule has 0 N–H and O–H groups in total. The monoisotopic (exact) mass is 401 g/mol. The Balaban J connectivity index is 1.75. The first-order valence-electron chi connectivity index (χ1n) is 9.98. The zero-order chi connectivity index (χ0) is 20.0. The van der Waals surface area contributed by atoms with E-state index in [0.29, 0.717) is 11.1 Å². The summed E-state index contributed by atoms with van der Waals surface area (Å²) in [7, 11) is 3.89. The van der Waals surface area contributed by atoms with Crippen molar-refractivity contribution in [1.82, 2.24) is 14.5 Å². The molecular formula is C22H28ClN3O2. The van der Waals surface area contributed by atoms with Crippen molar-refractivity contribution < 1.29 is 9.15 Å². The minimum atomic E-state index is 0.498. The predicted octanol–water partition coefficient (Wildman–Crippen LogP) is 5.29. The molecule has 6 heteroatoms. The topological polar surface area (TPSA) is 42.9 Å². The van der Waals surface area contributed by atoms with Crippen molar-refractivity contribution in [3.63, 3.8) is 0 Å². The fourth-order valence-electron chi connectivity index (χ4n) is 4.08. The van der Waals surface area contributed by atoms with Gasteiger partial charge in [0.15, 0.2) is 0 Å². The number of nitrogens with zero attached hydrogens (tertiary/aromatic N) is 3. The number of rotatable bonds is 7. The number of oxazole rings is 1. The number of fused-ring (bicyclic) bond motifs is 1. The minimum absolute atomic E-state index is 0.498. The van der Waals surface area contributed by atoms with Crippen molar-refractivity contribution in [1.29, 1.82) is 0 Å². The van der Waals surface area contributed by atoms with Crippen LogP contribution in [0.2, 0.25) is 5.02 Å². The van der Waals surface area contributed by atoms with Crippen molar-refractivity contribution in [2.24, 2.45) is 0 Å². The number of benzene rings is 1. The van der Waals surface area contributed by atoms with Gasteiger partial charge in [-0.05, 0) is 64.8 Å². The molecule has 0 saturated heterocycles. The summed E-state index contributed by atoms with van der Waals surface area (Å²) in [6.45, 7) is 6.29. The van der Waals surface area contributed by atoms with E-state index in [1.54, 1.807) is 7.11 Å². The molecule has 4 rings (SSSR count). The summed E-state index contributed by atoms with van der Waals surface area (Å²) in [5, 5.41) is 5.44. The fraction of sp³-hybridized carbons (Fsp3) is 0.500. The Morgan fingerprint density at radius 1 is 1.36 bits per heavy atom. The zero-order valence-corrected chi connectivity index (χ0v) is 18.0. The van der Waals surface area contributed by atoms with Crippen LogP contribution in [0.5, 0.6) is 5.75 Å². The van der Waals surface area contributed by atoms with Gasteiger partial charge < -0.3 is 14.1 Å². The van der Waals surface area contributed by atoms with E-state index in [0.717, 1.165) is 53.1 Å². The Kier molecular flexibility index (Phi) is 5.15. The molecule has 1 fully saturated rings. The minimum Gasteiger partial charge on any atom is -0.497 e. The van der Waals surface area contributed by atoms with Crippen molar-refractivity contribution >= 4 is 17.3 Å². The van der Waals surface area contributed by atoms with Gasteiger partial charge in [0.05, 0.1) is 17.8 Å². The molecule has 0 aliphatic heterocycles. The SMILES string of the molecule is CCC(Cc1c(C)nn2c(-c3ccc(OC)cc3Cl)c(C)oc12)N(C)C1CC1. The maximum absolute atomic E-state index is 6.54. The number of aryl methyl sites for hydroxylation is 2. The van der Waals surface area contributed by atoms with E-state index in [-0.39, 0.29) is 0 Å². The lowest BCUT2D eigenvalue weighted by atomic mass is 10.0. The van der Waals surface area contributed by atoms with Crippen LogP contribution < -0.4 is 4.74 Å². The quantitative estimate of drug-likeness (QED) is 0.539. The Morgan fingerprint density at radius 2 is 2.11 bits per heavy atom. The van der Waals surface area contributed by atoms with Crippen LogP contribution in [-0.2, 0) is 6.42 Å². The molecule has 5 nitrogen and oxygen atoms in total. The van der Waals surface area contributed by atoms with Crippen molar-refractivity contribution in [3.05, 3.63) is 40.2 Å². The van der Waals surface area contributed by atoms with Crippen molar-refractivity contribution in [2.45, 2.75) is 58.5 Å². The van der Waals surface area contributed by atoms with Crippen LogP contribution in [0.15, 0.2) is 22.6 Å². The molecule has 1 atom stereocenters. The Labute approximate surface area is 171 Å². The largest absolute Gasteiger partial charge is 0.497 e. The van der Waals surface area contributed by atoms with E-state index in [1.165, 1.54) is 18.4 Å². The first-order chi connectivity index (χ1) is 13.4. The van der Waals surface area contributed by atoms with Gasteiger partial charge in [-0.1, -0.05) is 18.5 Å². The van der Waals surface area contributed by atoms with E-state index in [1.807, 2.05) is 29.6 Å². The van der Waals surface area contributed by atoms with Gasteiger partial charge in [-0.3, -0.25) is 0 Å². The standard InChI is InChI=1S/C22H28ClN3O2/c1-6-15(25(4)16-7-8-16)11-19-13(2)24-26-21(14(3)28-22(19)26)18-10-9-17(27-5)12-20(18)23/h9-10,12,15-16H,6-8,11H2,1-5H3. The lowest BCUT2D eigenvalue weighted by Crippen LogP contribution is -2.34. The third kappa shape index (κ3) is 3.31. The molecule has 0 spiro atoms. The van der Waals surface area contributed by atoms with Crippen LogP contribution in [0.25, 0.3) is 17.0 Å². The number of methoxy groups -OCH3 is 1. The lowest BCUT2D eigenvalue weighted by Gasteiger charge is -2.26. The van der Waals surface area contributed by atoms with Gasteiger partial charge in [-0.15, -0.1) is 0 Å². The zero-order valence-electron chi connectivity index (χ0n) is 17.3. The molecule has 1 aromatic carbocycles. The molecule has 3 aromatic rings. The molecule has 1 aliphatic carbocycles. The maximum Gasteiger partial charge on any atom is 0.225 e. The van der Waals surface area contributed by atoms with Gasteiger partial charge in [0.25, 0.3) is 0 Å². The molecule has 2 heterocycles. The van der Waals surface area contributed by atoms with Gasteiger partial charge in [-0.2, -0.15) is 9.61 Å². The fourth-order valence-corrected chi connectivity index (χ4v) is 4.34. The van der Waals surface area contributed by atoms with Crippen LogP contribution in [0, 0.1) is 13.8 Å². The molecule has 0 amide bonds. The normalized spacial score (nSPS) is 15.5. The third-order valence-electron chi connectivity index (χ3n) is 5.97. The Hall–Kier alpha value is -1.98. The smallest absolute Gasteiger partial charge is 0.225 e. The second-order valence-corrected chi connectivity index (χ2v) is 8.20. The molecule has 1 unspecified atom stereocenters. The molecule has 1 aliphatic rings. The van der Waals surface area contributed by atoms with Gasteiger partial charge in [0.1, 0.15) is 17.2 Å². The highest BCUT2D eigenvalue weighted by Gasteiger charge is 2.32. The number of likely N-dealkylation sites (N-methyl/N-ethyl adjacent to an activating group) is 1. The van der Waals surface area contributed by atoms with E-state index >= 15 is 0 Å². The van der Waals surface area contributed by atoms with Crippen LogP contribution in [0.3, 0.4) is 0 Å². The summed E-state index contributed by atoms with van der Waals surface area (Å²) in [5.41, 5.74) is 4.85. The van der Waals surface area contributed by atoms with Crippen LogP contribution >= 0.6 is 11.6 Å². The average Bonchev–Trinajstić information content (AvgIpc) is 3.42. The van der Waals surface area contributed by atoms with Crippen molar-refractivity contribution in [3.8, 4) is 17.0 Å². The summed E-state index contributed by atoms with van der Waals surface area (Å²) in [6.07, 6.45) is 4.69. The first kappa shape index (κ1) is 19.3. The van der Waals surface area contributed by atoms with Gasteiger partial charge in [0.2, 0.25) is 5.71 Å². The third-order valence-corrected chi connectivity index (χ3v) is 6.29. The van der Waals surface area contributed by atoms with E-state index in [2.05, 4.69) is 25.8 Å². The number of aromatic nitrogens is 2. The number of hydrogen-bond donors (Lipinski definition) is 0. The summed E-state index contributed by atoms with van der Waals surface area (Å²) >= 11 is 6.54. The van der Waals surface area contributed by atoms with E-state index in [4.69, 9.17) is 25.9 Å². The maximum atomic E-state index is 6.54. The second-order valence-electron chi connectivity index (χ2n) is 7.80. The predicted molar refractivity (Wildman–Crippen MR) is 112 cm³/mol. The number of halogens is 1. The Bertz CT molecular complexity index is 1000. The van der Waals surface area contributed by atoms with Gasteiger partial charge >= 0.3 is 0 Å². The summed E-state index contributed by atoms with van der Waals surface area (Å²) in [6, 6.07) is 6.93. The second kappa shape index (κ2) is 7.45. The molecular weight excluding hydrogens is 374 g/mol. The average molecular weight is 402 g/mol. The number of ether oxygens (including phenoxy) is 1. The highest BCUT2D eigenvalue weighted by molar-refractivity contribution is 6.33. The first-order valence-corrected chi connectivity index (χ1v) is 10.4. The summed E-state index contributed by atoms with van der Waals surface area (Å²) in [4.78, 5) is 2.53. The molecule has 0 radical (unpaired) electrons. The van der Waals surface area contributed by atoms with Crippen LogP contribution in [0.1, 0.15) is 43.2 Å². The van der Waals surface area contributed by atoms with Crippen LogP contribution in [0.4, 0.5) is 0 Å². The molecule has 150 valence electrons. The molecule has 0 bridgehead atoms. The molecule has 28 heavy (non-hydrogen) atoms. The highest BCUT2D eigenvalue weighted by Crippen LogP contribution is 2.37. The van der Waals surface area contributed by atoms with E-state index < -0.39 is 0 Å².